The standard InChI is InChI=1S/C18H22N2O3S.C2HF3O2/c1-13-4-6-24-16(13)8-20-7-14-9-22-12-18(14,11-20)10-19-17(21)15-3-2-5-23-15;3-2(4,5)1(6)7/h2-6,14H,7-12H2,1H3,(H,19,21);(H,6,7)/t14-,18+;/m1./s1. The van der Waals surface area contributed by atoms with Gasteiger partial charge in [-0.2, -0.15) is 13.2 Å². The molecule has 0 radical (unpaired) electrons. The van der Waals surface area contributed by atoms with Crippen molar-refractivity contribution in [2.75, 3.05) is 32.8 Å². The number of rotatable bonds is 5. The molecule has 0 aliphatic carbocycles. The summed E-state index contributed by atoms with van der Waals surface area (Å²) in [5.74, 6) is -2.05. The van der Waals surface area contributed by atoms with Crippen LogP contribution in [-0.2, 0) is 16.1 Å². The van der Waals surface area contributed by atoms with Gasteiger partial charge in [-0.25, -0.2) is 4.79 Å². The number of hydrogen-bond acceptors (Lipinski definition) is 6. The van der Waals surface area contributed by atoms with E-state index < -0.39 is 12.1 Å². The summed E-state index contributed by atoms with van der Waals surface area (Å²) in [6, 6.07) is 5.60. The monoisotopic (exact) mass is 460 g/mol. The summed E-state index contributed by atoms with van der Waals surface area (Å²) < 4.78 is 42.7. The van der Waals surface area contributed by atoms with Gasteiger partial charge in [-0.1, -0.05) is 0 Å². The smallest absolute Gasteiger partial charge is 0.475 e. The number of carboxylic acids is 1. The number of fused-ring (bicyclic) bond motifs is 1. The normalized spacial score (nSPS) is 23.2. The van der Waals surface area contributed by atoms with Crippen molar-refractivity contribution < 1.29 is 37.0 Å². The Kier molecular flexibility index (Phi) is 7.07. The Bertz CT molecular complexity index is 899. The third kappa shape index (κ3) is 5.66. The third-order valence-electron chi connectivity index (χ3n) is 5.52. The lowest BCUT2D eigenvalue weighted by atomic mass is 9.81. The number of ether oxygens (including phenoxy) is 1. The van der Waals surface area contributed by atoms with E-state index in [1.54, 1.807) is 12.1 Å². The van der Waals surface area contributed by atoms with Crippen LogP contribution in [0.1, 0.15) is 21.0 Å². The van der Waals surface area contributed by atoms with Crippen molar-refractivity contribution in [3.8, 4) is 0 Å². The molecule has 31 heavy (non-hydrogen) atoms. The molecule has 2 N–H and O–H groups in total. The molecule has 0 spiro atoms. The molecule has 2 saturated heterocycles. The highest BCUT2D eigenvalue weighted by molar-refractivity contribution is 7.10. The minimum Gasteiger partial charge on any atom is -0.475 e. The lowest BCUT2D eigenvalue weighted by Crippen LogP contribution is -2.43. The highest BCUT2D eigenvalue weighted by Crippen LogP contribution is 2.41. The molecule has 11 heteroatoms. The van der Waals surface area contributed by atoms with E-state index in [-0.39, 0.29) is 11.3 Å². The van der Waals surface area contributed by atoms with Gasteiger partial charge in [0.2, 0.25) is 0 Å². The molecule has 7 nitrogen and oxygen atoms in total. The summed E-state index contributed by atoms with van der Waals surface area (Å²) in [6.07, 6.45) is -3.56. The molecule has 2 aromatic heterocycles. The quantitative estimate of drug-likeness (QED) is 0.712. The molecular weight excluding hydrogens is 437 g/mol. The van der Waals surface area contributed by atoms with Crippen LogP contribution in [0.3, 0.4) is 0 Å². The fraction of sp³-hybridized carbons (Fsp3) is 0.500. The van der Waals surface area contributed by atoms with E-state index in [0.29, 0.717) is 18.2 Å². The highest BCUT2D eigenvalue weighted by Gasteiger charge is 2.50. The Morgan fingerprint density at radius 1 is 1.39 bits per heavy atom. The number of alkyl halides is 3. The molecule has 2 fully saturated rings. The van der Waals surface area contributed by atoms with Crippen LogP contribution in [0.15, 0.2) is 34.3 Å². The summed E-state index contributed by atoms with van der Waals surface area (Å²) >= 11 is 1.82. The molecule has 1 amide bonds. The van der Waals surface area contributed by atoms with Gasteiger partial charge in [0.25, 0.3) is 5.91 Å². The number of nitrogens with one attached hydrogen (secondary N) is 1. The summed E-state index contributed by atoms with van der Waals surface area (Å²) in [5.41, 5.74) is 1.39. The first-order valence-corrected chi connectivity index (χ1v) is 10.4. The van der Waals surface area contributed by atoms with Crippen LogP contribution in [0.4, 0.5) is 13.2 Å². The van der Waals surface area contributed by atoms with Gasteiger partial charge in [-0.15, -0.1) is 11.3 Å². The molecule has 2 aromatic rings. The number of carboxylic acid groups (broad SMARTS) is 1. The highest BCUT2D eigenvalue weighted by atomic mass is 32.1. The molecular formula is C20H23F3N2O5S. The van der Waals surface area contributed by atoms with Gasteiger partial charge in [-0.3, -0.25) is 9.69 Å². The molecule has 0 bridgehead atoms. The van der Waals surface area contributed by atoms with Crippen molar-refractivity contribution in [2.45, 2.75) is 19.6 Å². The average Bonchev–Trinajstić information content (AvgIpc) is 3.45. The van der Waals surface area contributed by atoms with Crippen LogP contribution in [0.2, 0.25) is 0 Å². The zero-order valence-electron chi connectivity index (χ0n) is 16.8. The van der Waals surface area contributed by atoms with Crippen LogP contribution in [-0.4, -0.2) is 60.9 Å². The molecule has 2 atom stereocenters. The van der Waals surface area contributed by atoms with Gasteiger partial charge in [0, 0.05) is 42.4 Å². The molecule has 0 unspecified atom stereocenters. The maximum absolute atomic E-state index is 12.2. The summed E-state index contributed by atoms with van der Waals surface area (Å²) in [5, 5.41) is 12.3. The minimum absolute atomic E-state index is 0.0212. The Labute approximate surface area is 180 Å². The summed E-state index contributed by atoms with van der Waals surface area (Å²) in [7, 11) is 0. The number of aryl methyl sites for hydroxylation is 1. The number of carbonyl (C=O) groups is 2. The minimum atomic E-state index is -5.08. The van der Waals surface area contributed by atoms with Crippen molar-refractivity contribution in [1.29, 1.82) is 0 Å². The van der Waals surface area contributed by atoms with Gasteiger partial charge in [0.15, 0.2) is 5.76 Å². The Morgan fingerprint density at radius 2 is 2.13 bits per heavy atom. The Hall–Kier alpha value is -2.37. The van der Waals surface area contributed by atoms with Gasteiger partial charge in [0.1, 0.15) is 0 Å². The van der Waals surface area contributed by atoms with Gasteiger partial charge >= 0.3 is 12.1 Å². The molecule has 170 valence electrons. The second-order valence-electron chi connectivity index (χ2n) is 7.73. The van der Waals surface area contributed by atoms with Crippen molar-refractivity contribution in [3.63, 3.8) is 0 Å². The lowest BCUT2D eigenvalue weighted by Gasteiger charge is -2.27. The zero-order valence-corrected chi connectivity index (χ0v) is 17.6. The zero-order chi connectivity index (χ0) is 22.6. The number of hydrogen-bond donors (Lipinski definition) is 2. The van der Waals surface area contributed by atoms with Crippen LogP contribution < -0.4 is 5.32 Å². The van der Waals surface area contributed by atoms with Crippen molar-refractivity contribution >= 4 is 23.2 Å². The summed E-state index contributed by atoms with van der Waals surface area (Å²) in [4.78, 5) is 25.0. The predicted molar refractivity (Wildman–Crippen MR) is 106 cm³/mol. The predicted octanol–water partition coefficient (Wildman–Crippen LogP) is 3.16. The van der Waals surface area contributed by atoms with E-state index in [9.17, 15) is 18.0 Å². The fourth-order valence-electron chi connectivity index (χ4n) is 3.83. The van der Waals surface area contributed by atoms with Crippen LogP contribution in [0.5, 0.6) is 0 Å². The number of aliphatic carboxylic acids is 1. The van der Waals surface area contributed by atoms with Crippen LogP contribution in [0, 0.1) is 18.3 Å². The van der Waals surface area contributed by atoms with E-state index in [1.807, 2.05) is 11.3 Å². The lowest BCUT2D eigenvalue weighted by molar-refractivity contribution is -0.192. The third-order valence-corrected chi connectivity index (χ3v) is 6.52. The summed E-state index contributed by atoms with van der Waals surface area (Å²) in [6.45, 7) is 7.31. The second kappa shape index (κ2) is 9.41. The SMILES string of the molecule is Cc1ccsc1CN1C[C@@H]2COC[C@]2(CNC(=O)c2ccco2)C1.O=C(O)C(F)(F)F. The first-order chi connectivity index (χ1) is 14.6. The van der Waals surface area contributed by atoms with Crippen molar-refractivity contribution in [1.82, 2.24) is 10.2 Å². The number of likely N-dealkylation sites (tertiary alicyclic amines) is 1. The van der Waals surface area contributed by atoms with E-state index in [0.717, 1.165) is 32.8 Å². The van der Waals surface area contributed by atoms with E-state index in [4.69, 9.17) is 19.1 Å². The molecule has 4 rings (SSSR count). The fourth-order valence-corrected chi connectivity index (χ4v) is 4.78. The maximum Gasteiger partial charge on any atom is 0.490 e. The van der Waals surface area contributed by atoms with Crippen LogP contribution >= 0.6 is 11.3 Å². The number of nitrogens with zero attached hydrogens (tertiary/aromatic N) is 1. The Balaban J connectivity index is 0.000000339. The first-order valence-electron chi connectivity index (χ1n) is 9.55. The molecule has 2 aliphatic heterocycles. The van der Waals surface area contributed by atoms with Gasteiger partial charge in [0.05, 0.1) is 19.5 Å². The number of furan rings is 1. The number of halogens is 3. The number of thiophene rings is 1. The van der Waals surface area contributed by atoms with Crippen molar-refractivity contribution in [2.24, 2.45) is 11.3 Å². The van der Waals surface area contributed by atoms with Gasteiger partial charge in [-0.05, 0) is 36.1 Å². The molecule has 0 saturated carbocycles. The van der Waals surface area contributed by atoms with E-state index >= 15 is 0 Å². The van der Waals surface area contributed by atoms with Crippen LogP contribution in [0.25, 0.3) is 0 Å². The van der Waals surface area contributed by atoms with Gasteiger partial charge < -0.3 is 19.6 Å². The average molecular weight is 460 g/mol. The number of amides is 1. The maximum atomic E-state index is 12.2. The molecule has 4 heterocycles. The first kappa shape index (κ1) is 23.3. The molecule has 0 aromatic carbocycles. The largest absolute Gasteiger partial charge is 0.490 e. The van der Waals surface area contributed by atoms with Crippen molar-refractivity contribution in [3.05, 3.63) is 46.0 Å². The number of carbonyl (C=O) groups excluding carboxylic acids is 1. The van der Waals surface area contributed by atoms with E-state index in [1.165, 1.54) is 16.7 Å². The second-order valence-corrected chi connectivity index (χ2v) is 8.73. The van der Waals surface area contributed by atoms with E-state index in [2.05, 4.69) is 28.6 Å². The Morgan fingerprint density at radius 3 is 2.71 bits per heavy atom. The molecule has 2 aliphatic rings. The topological polar surface area (TPSA) is 92.0 Å².